The summed E-state index contributed by atoms with van der Waals surface area (Å²) in [6.45, 7) is 1.20. The first-order chi connectivity index (χ1) is 11.2. The molecule has 5 rings (SSSR count). The lowest BCUT2D eigenvalue weighted by atomic mass is 9.98. The van der Waals surface area contributed by atoms with Crippen LogP contribution in [-0.2, 0) is 13.1 Å². The van der Waals surface area contributed by atoms with E-state index in [2.05, 4.69) is 0 Å². The van der Waals surface area contributed by atoms with E-state index in [-0.39, 0.29) is 11.4 Å². The maximum Gasteiger partial charge on any atom is 0.352 e. The summed E-state index contributed by atoms with van der Waals surface area (Å²) in [6.07, 6.45) is 4.96. The number of hydrogen-bond acceptors (Lipinski definition) is 2. The van der Waals surface area contributed by atoms with Gasteiger partial charge in [0.2, 0.25) is 0 Å². The van der Waals surface area contributed by atoms with Gasteiger partial charge in [-0.2, -0.15) is 0 Å². The number of nitrogens with zero attached hydrogens (tertiary/aromatic N) is 3. The molecule has 0 spiro atoms. The molecule has 2 aliphatic carbocycles. The van der Waals surface area contributed by atoms with E-state index in [9.17, 15) is 9.59 Å². The van der Waals surface area contributed by atoms with Gasteiger partial charge in [0.15, 0.2) is 0 Å². The number of para-hydroxylation sites is 1. The Morgan fingerprint density at radius 3 is 1.65 bits per heavy atom. The van der Waals surface area contributed by atoms with Gasteiger partial charge >= 0.3 is 11.4 Å². The van der Waals surface area contributed by atoms with Gasteiger partial charge in [-0.1, -0.05) is 18.2 Å². The van der Waals surface area contributed by atoms with Crippen molar-refractivity contribution in [2.24, 2.45) is 11.8 Å². The fraction of sp³-hybridized carbons (Fsp3) is 0.444. The van der Waals surface area contributed by atoms with E-state index in [1.165, 1.54) is 41.4 Å². The number of hydrogen-bond donors (Lipinski definition) is 0. The standard InChI is InChI=1S/C18H19N3O2/c22-17-19-10-15(12-6-7-12)16(13-8-9-13)11-20(19)18(23)21(17)14-4-2-1-3-5-14/h1-5,12-13H,6-11H2. The molecule has 2 heterocycles. The first-order valence-electron chi connectivity index (χ1n) is 8.44. The Kier molecular flexibility index (Phi) is 2.63. The average molecular weight is 309 g/mol. The van der Waals surface area contributed by atoms with Gasteiger partial charge in [0, 0.05) is 0 Å². The molecule has 3 aliphatic rings. The molecular weight excluding hydrogens is 290 g/mol. The van der Waals surface area contributed by atoms with Crippen LogP contribution in [0.5, 0.6) is 0 Å². The third-order valence-corrected chi connectivity index (χ3v) is 5.32. The van der Waals surface area contributed by atoms with Crippen molar-refractivity contribution in [3.63, 3.8) is 0 Å². The van der Waals surface area contributed by atoms with Crippen molar-refractivity contribution >= 4 is 0 Å². The third kappa shape index (κ3) is 1.99. The van der Waals surface area contributed by atoms with Crippen LogP contribution in [0.4, 0.5) is 0 Å². The minimum absolute atomic E-state index is 0.214. The SMILES string of the molecule is O=c1n(-c2ccccc2)c(=O)n2n1CC(C1CC1)=C(C1CC1)C2. The Labute approximate surface area is 133 Å². The molecule has 5 nitrogen and oxygen atoms in total. The summed E-state index contributed by atoms with van der Waals surface area (Å²) in [5.74, 6) is 1.31. The minimum Gasteiger partial charge on any atom is -0.245 e. The van der Waals surface area contributed by atoms with Crippen molar-refractivity contribution in [3.05, 3.63) is 62.4 Å². The summed E-state index contributed by atoms with van der Waals surface area (Å²) in [6, 6.07) is 9.22. The fourth-order valence-corrected chi connectivity index (χ4v) is 3.80. The summed E-state index contributed by atoms with van der Waals surface area (Å²) >= 11 is 0. The molecule has 2 fully saturated rings. The second kappa shape index (κ2) is 4.60. The van der Waals surface area contributed by atoms with Gasteiger partial charge in [0.25, 0.3) is 0 Å². The van der Waals surface area contributed by atoms with Crippen LogP contribution in [-0.4, -0.2) is 13.9 Å². The number of rotatable bonds is 3. The first kappa shape index (κ1) is 13.2. The minimum atomic E-state index is -0.214. The van der Waals surface area contributed by atoms with Crippen molar-refractivity contribution in [3.8, 4) is 5.69 Å². The summed E-state index contributed by atoms with van der Waals surface area (Å²) in [4.78, 5) is 25.6. The van der Waals surface area contributed by atoms with Crippen molar-refractivity contribution in [2.45, 2.75) is 38.8 Å². The summed E-state index contributed by atoms with van der Waals surface area (Å²) in [5, 5.41) is 0. The van der Waals surface area contributed by atoms with Gasteiger partial charge in [0.1, 0.15) is 0 Å². The molecule has 0 bridgehead atoms. The third-order valence-electron chi connectivity index (χ3n) is 5.32. The molecule has 1 aliphatic heterocycles. The lowest BCUT2D eigenvalue weighted by molar-refractivity contribution is 0.431. The van der Waals surface area contributed by atoms with Gasteiger partial charge in [0.05, 0.1) is 18.8 Å². The van der Waals surface area contributed by atoms with Crippen molar-refractivity contribution in [1.82, 2.24) is 13.9 Å². The monoisotopic (exact) mass is 309 g/mol. The van der Waals surface area contributed by atoms with Crippen molar-refractivity contribution < 1.29 is 0 Å². The number of allylic oxidation sites excluding steroid dienone is 2. The quantitative estimate of drug-likeness (QED) is 0.814. The van der Waals surface area contributed by atoms with E-state index in [1.54, 1.807) is 9.36 Å². The Morgan fingerprint density at radius 1 is 0.739 bits per heavy atom. The number of benzene rings is 1. The molecule has 0 amide bonds. The summed E-state index contributed by atoms with van der Waals surface area (Å²) in [7, 11) is 0. The molecule has 0 atom stereocenters. The molecule has 0 N–H and O–H groups in total. The molecule has 23 heavy (non-hydrogen) atoms. The van der Waals surface area contributed by atoms with E-state index >= 15 is 0 Å². The highest BCUT2D eigenvalue weighted by atomic mass is 16.2. The molecule has 0 radical (unpaired) electrons. The smallest absolute Gasteiger partial charge is 0.245 e. The first-order valence-corrected chi connectivity index (χ1v) is 8.44. The highest BCUT2D eigenvalue weighted by Crippen LogP contribution is 2.47. The summed E-state index contributed by atoms with van der Waals surface area (Å²) in [5.41, 5.74) is 3.11. The Bertz CT molecular complexity index is 866. The van der Waals surface area contributed by atoms with E-state index in [4.69, 9.17) is 0 Å². The molecule has 2 saturated carbocycles. The molecule has 0 unspecified atom stereocenters. The Morgan fingerprint density at radius 2 is 1.22 bits per heavy atom. The second-order valence-electron chi connectivity index (χ2n) is 6.95. The van der Waals surface area contributed by atoms with Crippen LogP contribution in [0, 0.1) is 11.8 Å². The zero-order chi connectivity index (χ0) is 15.6. The molecule has 0 saturated heterocycles. The van der Waals surface area contributed by atoms with E-state index in [1.807, 2.05) is 30.3 Å². The van der Waals surface area contributed by atoms with Crippen molar-refractivity contribution in [2.75, 3.05) is 0 Å². The van der Waals surface area contributed by atoms with Crippen LogP contribution in [0.3, 0.4) is 0 Å². The zero-order valence-corrected chi connectivity index (χ0v) is 12.9. The predicted molar refractivity (Wildman–Crippen MR) is 86.8 cm³/mol. The molecule has 2 aromatic rings. The highest BCUT2D eigenvalue weighted by molar-refractivity contribution is 5.32. The molecular formula is C18H19N3O2. The predicted octanol–water partition coefficient (Wildman–Crippen LogP) is 1.93. The van der Waals surface area contributed by atoms with Gasteiger partial charge in [-0.3, -0.25) is 0 Å². The molecule has 118 valence electrons. The van der Waals surface area contributed by atoms with Crippen LogP contribution in [0.25, 0.3) is 5.69 Å². The van der Waals surface area contributed by atoms with Crippen LogP contribution in [0.2, 0.25) is 0 Å². The normalized spacial score (nSPS) is 20.7. The fourth-order valence-electron chi connectivity index (χ4n) is 3.80. The topological polar surface area (TPSA) is 48.9 Å². The van der Waals surface area contributed by atoms with Gasteiger partial charge in [-0.25, -0.2) is 23.5 Å². The van der Waals surface area contributed by atoms with Gasteiger partial charge < -0.3 is 0 Å². The van der Waals surface area contributed by atoms with Crippen LogP contribution >= 0.6 is 0 Å². The maximum atomic E-state index is 12.8. The van der Waals surface area contributed by atoms with Gasteiger partial charge in [-0.05, 0) is 60.8 Å². The van der Waals surface area contributed by atoms with Crippen molar-refractivity contribution in [1.29, 1.82) is 0 Å². The van der Waals surface area contributed by atoms with Crippen LogP contribution in [0.1, 0.15) is 25.7 Å². The zero-order valence-electron chi connectivity index (χ0n) is 12.9. The molecule has 1 aromatic heterocycles. The molecule has 1 aromatic carbocycles. The lowest BCUT2D eigenvalue weighted by Gasteiger charge is -2.23. The number of aromatic nitrogens is 3. The second-order valence-corrected chi connectivity index (χ2v) is 6.95. The highest BCUT2D eigenvalue weighted by Gasteiger charge is 2.38. The van der Waals surface area contributed by atoms with E-state index in [0.29, 0.717) is 30.6 Å². The Hall–Kier alpha value is -2.30. The van der Waals surface area contributed by atoms with E-state index < -0.39 is 0 Å². The largest absolute Gasteiger partial charge is 0.352 e. The lowest BCUT2D eigenvalue weighted by Crippen LogP contribution is -2.33. The summed E-state index contributed by atoms with van der Waals surface area (Å²) < 4.78 is 4.60. The number of fused-ring (bicyclic) bond motifs is 1. The van der Waals surface area contributed by atoms with Crippen LogP contribution in [0.15, 0.2) is 51.1 Å². The van der Waals surface area contributed by atoms with Gasteiger partial charge in [-0.15, -0.1) is 0 Å². The average Bonchev–Trinajstić information content (AvgIpc) is 3.48. The van der Waals surface area contributed by atoms with E-state index in [0.717, 1.165) is 0 Å². The maximum absolute atomic E-state index is 12.8. The Balaban J connectivity index is 1.66. The molecule has 5 heteroatoms. The van der Waals surface area contributed by atoms with Crippen LogP contribution < -0.4 is 11.4 Å².